The van der Waals surface area contributed by atoms with E-state index < -0.39 is 0 Å². The molecule has 2 heterocycles. The molecule has 1 aliphatic rings. The fourth-order valence-corrected chi connectivity index (χ4v) is 2.68. The van der Waals surface area contributed by atoms with Crippen LogP contribution in [0.4, 0.5) is 0 Å². The molecule has 1 saturated heterocycles. The molecule has 1 aromatic rings. The molecule has 0 bridgehead atoms. The van der Waals surface area contributed by atoms with Gasteiger partial charge in [0.25, 0.3) is 0 Å². The van der Waals surface area contributed by atoms with Crippen molar-refractivity contribution < 1.29 is 0 Å². The summed E-state index contributed by atoms with van der Waals surface area (Å²) in [5.41, 5.74) is 1.27. The fraction of sp³-hybridized carbons (Fsp3) is 0.727. The minimum absolute atomic E-state index is 0.700. The second-order valence-electron chi connectivity index (χ2n) is 4.40. The minimum Gasteiger partial charge on any atom is -0.317 e. The summed E-state index contributed by atoms with van der Waals surface area (Å²) in [4.78, 5) is 2.50. The second-order valence-corrected chi connectivity index (χ2v) is 5.26. The van der Waals surface area contributed by atoms with Crippen molar-refractivity contribution in [3.05, 3.63) is 16.4 Å². The molecule has 4 nitrogen and oxygen atoms in total. The smallest absolute Gasteiger partial charge is 0.0663 e. The van der Waals surface area contributed by atoms with E-state index in [0.717, 1.165) is 11.0 Å². The third-order valence-electron chi connectivity index (χ3n) is 3.38. The van der Waals surface area contributed by atoms with Crippen molar-refractivity contribution >= 4 is 15.9 Å². The van der Waals surface area contributed by atoms with E-state index in [0.29, 0.717) is 6.04 Å². The zero-order valence-corrected chi connectivity index (χ0v) is 11.5. The molecule has 0 spiro atoms. The summed E-state index contributed by atoms with van der Waals surface area (Å²) in [6.07, 6.45) is 4.35. The molecule has 2 rings (SSSR count). The van der Waals surface area contributed by atoms with Crippen molar-refractivity contribution in [3.8, 4) is 0 Å². The van der Waals surface area contributed by atoms with Crippen molar-refractivity contribution in [2.45, 2.75) is 25.4 Å². The van der Waals surface area contributed by atoms with E-state index in [4.69, 9.17) is 0 Å². The van der Waals surface area contributed by atoms with Crippen LogP contribution in [0.2, 0.25) is 0 Å². The van der Waals surface area contributed by atoms with E-state index in [1.807, 2.05) is 17.9 Å². The summed E-state index contributed by atoms with van der Waals surface area (Å²) in [7, 11) is 4.05. The highest BCUT2D eigenvalue weighted by Crippen LogP contribution is 2.19. The molecule has 0 aliphatic carbocycles. The van der Waals surface area contributed by atoms with E-state index in [-0.39, 0.29) is 0 Å². The number of piperidine rings is 1. The number of likely N-dealkylation sites (tertiary alicyclic amines) is 1. The summed E-state index contributed by atoms with van der Waals surface area (Å²) < 4.78 is 3.07. The van der Waals surface area contributed by atoms with E-state index in [1.54, 1.807) is 0 Å². The quantitative estimate of drug-likeness (QED) is 0.911. The van der Waals surface area contributed by atoms with Gasteiger partial charge in [-0.25, -0.2) is 0 Å². The lowest BCUT2D eigenvalue weighted by molar-refractivity contribution is 0.190. The van der Waals surface area contributed by atoms with Gasteiger partial charge < -0.3 is 5.32 Å². The predicted molar refractivity (Wildman–Crippen MR) is 68.3 cm³/mol. The van der Waals surface area contributed by atoms with Crippen molar-refractivity contribution in [3.63, 3.8) is 0 Å². The van der Waals surface area contributed by atoms with Gasteiger partial charge in [-0.2, -0.15) is 5.10 Å². The molecule has 1 aliphatic heterocycles. The molecular formula is C11H19BrN4. The van der Waals surface area contributed by atoms with Gasteiger partial charge in [0.15, 0.2) is 0 Å². The van der Waals surface area contributed by atoms with Crippen molar-refractivity contribution in [1.82, 2.24) is 20.0 Å². The number of aromatic nitrogens is 2. The average molecular weight is 287 g/mol. The molecule has 0 unspecified atom stereocenters. The summed E-state index contributed by atoms with van der Waals surface area (Å²) in [5.74, 6) is 0. The van der Waals surface area contributed by atoms with Crippen LogP contribution in [0.5, 0.6) is 0 Å². The number of nitrogens with one attached hydrogen (secondary N) is 1. The Kier molecular flexibility index (Phi) is 4.00. The molecule has 1 aromatic heterocycles. The molecular weight excluding hydrogens is 268 g/mol. The largest absolute Gasteiger partial charge is 0.317 e. The average Bonchev–Trinajstić information content (AvgIpc) is 2.62. The lowest BCUT2D eigenvalue weighted by Gasteiger charge is -2.31. The highest BCUT2D eigenvalue weighted by atomic mass is 79.9. The van der Waals surface area contributed by atoms with E-state index in [2.05, 4.69) is 38.3 Å². The highest BCUT2D eigenvalue weighted by molar-refractivity contribution is 9.10. The van der Waals surface area contributed by atoms with Gasteiger partial charge in [-0.1, -0.05) is 0 Å². The summed E-state index contributed by atoms with van der Waals surface area (Å²) in [6.45, 7) is 3.33. The van der Waals surface area contributed by atoms with Gasteiger partial charge in [-0.15, -0.1) is 0 Å². The molecule has 16 heavy (non-hydrogen) atoms. The Labute approximate surface area is 105 Å². The van der Waals surface area contributed by atoms with Gasteiger partial charge in [0.05, 0.1) is 16.4 Å². The maximum atomic E-state index is 4.24. The number of hydrogen-bond acceptors (Lipinski definition) is 3. The van der Waals surface area contributed by atoms with E-state index >= 15 is 0 Å². The second kappa shape index (κ2) is 5.29. The standard InChI is InChI=1S/C11H19BrN4/c1-13-9-3-5-16(6-4-9)8-11-10(12)7-14-15(11)2/h7,9,13H,3-6,8H2,1-2H3. The first kappa shape index (κ1) is 12.1. The van der Waals surface area contributed by atoms with Crippen LogP contribution in [-0.2, 0) is 13.6 Å². The molecule has 0 amide bonds. The van der Waals surface area contributed by atoms with Gasteiger partial charge in [0.1, 0.15) is 0 Å². The van der Waals surface area contributed by atoms with Crippen molar-refractivity contribution in [2.24, 2.45) is 7.05 Å². The van der Waals surface area contributed by atoms with Crippen molar-refractivity contribution in [2.75, 3.05) is 20.1 Å². The number of hydrogen-bond donors (Lipinski definition) is 1. The van der Waals surface area contributed by atoms with Gasteiger partial charge >= 0.3 is 0 Å². The van der Waals surface area contributed by atoms with Crippen LogP contribution in [-0.4, -0.2) is 40.9 Å². The Balaban J connectivity index is 1.92. The first-order valence-corrected chi connectivity index (χ1v) is 6.56. The van der Waals surface area contributed by atoms with Crippen LogP contribution < -0.4 is 5.32 Å². The lowest BCUT2D eigenvalue weighted by Crippen LogP contribution is -2.41. The molecule has 1 fully saturated rings. The zero-order chi connectivity index (χ0) is 11.5. The Morgan fingerprint density at radius 2 is 2.19 bits per heavy atom. The van der Waals surface area contributed by atoms with Gasteiger partial charge in [0.2, 0.25) is 0 Å². The van der Waals surface area contributed by atoms with Crippen LogP contribution in [0.1, 0.15) is 18.5 Å². The van der Waals surface area contributed by atoms with Crippen LogP contribution in [0.3, 0.4) is 0 Å². The zero-order valence-electron chi connectivity index (χ0n) is 9.91. The Hall–Kier alpha value is -0.390. The molecule has 0 atom stereocenters. The summed E-state index contributed by atoms with van der Waals surface area (Å²) in [6, 6.07) is 0.700. The Morgan fingerprint density at radius 3 is 2.69 bits per heavy atom. The minimum atomic E-state index is 0.700. The topological polar surface area (TPSA) is 33.1 Å². The van der Waals surface area contributed by atoms with Gasteiger partial charge in [-0.05, 0) is 35.8 Å². The number of nitrogens with zero attached hydrogens (tertiary/aromatic N) is 3. The lowest BCUT2D eigenvalue weighted by atomic mass is 10.1. The van der Waals surface area contributed by atoms with E-state index in [1.165, 1.54) is 31.6 Å². The van der Waals surface area contributed by atoms with Crippen LogP contribution >= 0.6 is 15.9 Å². The number of halogens is 1. The molecule has 0 radical (unpaired) electrons. The molecule has 0 aromatic carbocycles. The summed E-state index contributed by atoms with van der Waals surface area (Å²) >= 11 is 3.55. The Bertz CT molecular complexity index is 322. The van der Waals surface area contributed by atoms with Crippen LogP contribution in [0.25, 0.3) is 0 Å². The molecule has 5 heteroatoms. The first-order valence-electron chi connectivity index (χ1n) is 5.76. The maximum Gasteiger partial charge on any atom is 0.0663 e. The van der Waals surface area contributed by atoms with Crippen LogP contribution in [0, 0.1) is 0 Å². The van der Waals surface area contributed by atoms with Gasteiger partial charge in [0, 0.05) is 32.7 Å². The third kappa shape index (κ3) is 2.64. The molecule has 0 saturated carbocycles. The van der Waals surface area contributed by atoms with Gasteiger partial charge in [-0.3, -0.25) is 9.58 Å². The van der Waals surface area contributed by atoms with E-state index in [9.17, 15) is 0 Å². The number of aryl methyl sites for hydroxylation is 1. The fourth-order valence-electron chi connectivity index (χ4n) is 2.21. The Morgan fingerprint density at radius 1 is 1.50 bits per heavy atom. The molecule has 1 N–H and O–H groups in total. The highest BCUT2D eigenvalue weighted by Gasteiger charge is 2.19. The maximum absolute atomic E-state index is 4.24. The number of rotatable bonds is 3. The van der Waals surface area contributed by atoms with Crippen LogP contribution in [0.15, 0.2) is 10.7 Å². The third-order valence-corrected chi connectivity index (χ3v) is 4.04. The van der Waals surface area contributed by atoms with Crippen molar-refractivity contribution in [1.29, 1.82) is 0 Å². The summed E-state index contributed by atoms with van der Waals surface area (Å²) in [5, 5.41) is 7.60. The predicted octanol–water partition coefficient (Wildman–Crippen LogP) is 1.37. The SMILES string of the molecule is CNC1CCN(Cc2c(Br)cnn2C)CC1. The first-order chi connectivity index (χ1) is 7.70. The normalized spacial score (nSPS) is 19.2. The monoisotopic (exact) mass is 286 g/mol. The molecule has 90 valence electrons.